The van der Waals surface area contributed by atoms with Gasteiger partial charge in [0.2, 0.25) is 0 Å². The van der Waals surface area contributed by atoms with Crippen molar-refractivity contribution in [3.8, 4) is 5.75 Å². The highest BCUT2D eigenvalue weighted by Crippen LogP contribution is 2.23. The molecule has 1 aromatic heterocycles. The first-order valence-electron chi connectivity index (χ1n) is 9.34. The number of aromatic nitrogens is 1. The molecule has 3 aromatic rings. The molecule has 1 heterocycles. The van der Waals surface area contributed by atoms with Crippen molar-refractivity contribution in [3.05, 3.63) is 69.9 Å². The van der Waals surface area contributed by atoms with Crippen LogP contribution in [0.3, 0.4) is 0 Å². The van der Waals surface area contributed by atoms with E-state index in [1.807, 2.05) is 24.3 Å². The molecule has 0 aliphatic rings. The van der Waals surface area contributed by atoms with Crippen LogP contribution in [0.25, 0.3) is 10.9 Å². The number of benzene rings is 2. The van der Waals surface area contributed by atoms with E-state index < -0.39 is 4.92 Å². The normalized spacial score (nSPS) is 10.8. The Kier molecular flexibility index (Phi) is 6.26. The lowest BCUT2D eigenvalue weighted by atomic mass is 10.1. The number of unbranched alkanes of at least 4 members (excludes halogenated alkanes) is 1. The van der Waals surface area contributed by atoms with Gasteiger partial charge in [-0.3, -0.25) is 14.9 Å². The molecule has 0 radical (unpaired) electrons. The molecule has 28 heavy (non-hydrogen) atoms. The third-order valence-electron chi connectivity index (χ3n) is 4.51. The number of nitro benzene ring substituents is 1. The SMILES string of the molecule is CCCCOc1ccc(CCNC(=O)c2c[nH]c3ccc([N+](=O)[O-])cc23)cc1. The first-order chi connectivity index (χ1) is 13.6. The monoisotopic (exact) mass is 381 g/mol. The number of rotatable bonds is 9. The summed E-state index contributed by atoms with van der Waals surface area (Å²) < 4.78 is 5.64. The van der Waals surface area contributed by atoms with Crippen LogP contribution in [0, 0.1) is 10.1 Å². The highest BCUT2D eigenvalue weighted by atomic mass is 16.6. The molecular formula is C21H23N3O4. The van der Waals surface area contributed by atoms with Crippen molar-refractivity contribution >= 4 is 22.5 Å². The zero-order valence-electron chi connectivity index (χ0n) is 15.7. The molecule has 0 unspecified atom stereocenters. The second-order valence-corrected chi connectivity index (χ2v) is 6.54. The third kappa shape index (κ3) is 4.68. The number of fused-ring (bicyclic) bond motifs is 1. The first-order valence-corrected chi connectivity index (χ1v) is 9.34. The summed E-state index contributed by atoms with van der Waals surface area (Å²) in [6.45, 7) is 3.31. The maximum atomic E-state index is 12.5. The summed E-state index contributed by atoms with van der Waals surface area (Å²) in [4.78, 5) is 25.9. The molecular weight excluding hydrogens is 358 g/mol. The van der Waals surface area contributed by atoms with Crippen LogP contribution in [-0.4, -0.2) is 29.0 Å². The Balaban J connectivity index is 1.56. The van der Waals surface area contributed by atoms with Gasteiger partial charge in [0.15, 0.2) is 0 Å². The Morgan fingerprint density at radius 2 is 2.00 bits per heavy atom. The van der Waals surface area contributed by atoms with E-state index in [1.54, 1.807) is 12.3 Å². The summed E-state index contributed by atoms with van der Waals surface area (Å²) in [6, 6.07) is 12.3. The van der Waals surface area contributed by atoms with E-state index in [1.165, 1.54) is 12.1 Å². The molecule has 0 aliphatic heterocycles. The second kappa shape index (κ2) is 9.03. The Bertz CT molecular complexity index is 963. The van der Waals surface area contributed by atoms with E-state index in [9.17, 15) is 14.9 Å². The lowest BCUT2D eigenvalue weighted by Gasteiger charge is -2.07. The van der Waals surface area contributed by atoms with Crippen LogP contribution >= 0.6 is 0 Å². The van der Waals surface area contributed by atoms with Crippen molar-refractivity contribution in [2.24, 2.45) is 0 Å². The molecule has 0 spiro atoms. The van der Waals surface area contributed by atoms with Gasteiger partial charge in [-0.25, -0.2) is 0 Å². The largest absolute Gasteiger partial charge is 0.494 e. The summed E-state index contributed by atoms with van der Waals surface area (Å²) in [5.41, 5.74) is 2.15. The molecule has 0 saturated carbocycles. The number of nitrogens with one attached hydrogen (secondary N) is 2. The summed E-state index contributed by atoms with van der Waals surface area (Å²) in [7, 11) is 0. The van der Waals surface area contributed by atoms with E-state index in [0.717, 1.165) is 24.2 Å². The van der Waals surface area contributed by atoms with Gasteiger partial charge in [0, 0.05) is 35.8 Å². The average Bonchev–Trinajstić information content (AvgIpc) is 3.12. The maximum absolute atomic E-state index is 12.5. The quantitative estimate of drug-likeness (QED) is 0.329. The van der Waals surface area contributed by atoms with E-state index in [4.69, 9.17) is 4.74 Å². The Hall–Kier alpha value is -3.35. The zero-order valence-corrected chi connectivity index (χ0v) is 15.7. The highest BCUT2D eigenvalue weighted by molar-refractivity contribution is 6.07. The number of hydrogen-bond donors (Lipinski definition) is 2. The number of carbonyl (C=O) groups excluding carboxylic acids is 1. The number of non-ortho nitro benzene ring substituents is 1. The van der Waals surface area contributed by atoms with Crippen LogP contribution < -0.4 is 10.1 Å². The molecule has 0 fully saturated rings. The number of nitro groups is 1. The lowest BCUT2D eigenvalue weighted by Crippen LogP contribution is -2.25. The molecule has 7 heteroatoms. The number of H-pyrrole nitrogens is 1. The third-order valence-corrected chi connectivity index (χ3v) is 4.51. The minimum Gasteiger partial charge on any atom is -0.494 e. The fraction of sp³-hybridized carbons (Fsp3) is 0.286. The van der Waals surface area contributed by atoms with Crippen LogP contribution in [0.15, 0.2) is 48.7 Å². The second-order valence-electron chi connectivity index (χ2n) is 6.54. The molecule has 1 amide bonds. The number of nitrogens with zero attached hydrogens (tertiary/aromatic N) is 1. The van der Waals surface area contributed by atoms with Gasteiger partial charge in [-0.2, -0.15) is 0 Å². The van der Waals surface area contributed by atoms with Gasteiger partial charge in [-0.05, 0) is 36.6 Å². The van der Waals surface area contributed by atoms with Crippen molar-refractivity contribution in [2.45, 2.75) is 26.2 Å². The molecule has 0 aliphatic carbocycles. The summed E-state index contributed by atoms with van der Waals surface area (Å²) in [5.74, 6) is 0.591. The standard InChI is InChI=1S/C21H23N3O4/c1-2-3-12-28-17-7-4-15(5-8-17)10-11-22-21(25)19-14-23-20-9-6-16(24(26)27)13-18(19)20/h4-9,13-14,23H,2-3,10-12H2,1H3,(H,22,25). The molecule has 3 rings (SSSR count). The number of amides is 1. The van der Waals surface area contributed by atoms with Gasteiger partial charge in [0.1, 0.15) is 5.75 Å². The van der Waals surface area contributed by atoms with Crippen molar-refractivity contribution in [3.63, 3.8) is 0 Å². The van der Waals surface area contributed by atoms with E-state index >= 15 is 0 Å². The van der Waals surface area contributed by atoms with Crippen LogP contribution in [0.2, 0.25) is 0 Å². The molecule has 146 valence electrons. The van der Waals surface area contributed by atoms with Crippen LogP contribution in [0.5, 0.6) is 5.75 Å². The van der Waals surface area contributed by atoms with Gasteiger partial charge in [-0.1, -0.05) is 25.5 Å². The number of ether oxygens (including phenoxy) is 1. The van der Waals surface area contributed by atoms with E-state index in [2.05, 4.69) is 17.2 Å². The molecule has 2 aromatic carbocycles. The molecule has 0 atom stereocenters. The summed E-state index contributed by atoms with van der Waals surface area (Å²) in [6.07, 6.45) is 4.39. The molecule has 0 bridgehead atoms. The number of aromatic amines is 1. The lowest BCUT2D eigenvalue weighted by molar-refractivity contribution is -0.384. The topological polar surface area (TPSA) is 97.3 Å². The van der Waals surface area contributed by atoms with Gasteiger partial charge in [0.05, 0.1) is 17.1 Å². The summed E-state index contributed by atoms with van der Waals surface area (Å²) >= 11 is 0. The maximum Gasteiger partial charge on any atom is 0.270 e. The molecule has 7 nitrogen and oxygen atoms in total. The van der Waals surface area contributed by atoms with E-state index in [-0.39, 0.29) is 11.6 Å². The Morgan fingerprint density at radius 3 is 2.71 bits per heavy atom. The van der Waals surface area contributed by atoms with Crippen molar-refractivity contribution in [1.29, 1.82) is 0 Å². The predicted octanol–water partition coefficient (Wildman–Crippen LogP) is 4.23. The van der Waals surface area contributed by atoms with Crippen LogP contribution in [-0.2, 0) is 6.42 Å². The molecule has 2 N–H and O–H groups in total. The number of carbonyl (C=O) groups is 1. The van der Waals surface area contributed by atoms with Crippen molar-refractivity contribution in [1.82, 2.24) is 10.3 Å². The van der Waals surface area contributed by atoms with Crippen LogP contribution in [0.4, 0.5) is 5.69 Å². The first kappa shape index (κ1) is 19.4. The van der Waals surface area contributed by atoms with E-state index in [0.29, 0.717) is 36.0 Å². The average molecular weight is 381 g/mol. The van der Waals surface area contributed by atoms with Gasteiger partial charge >= 0.3 is 0 Å². The smallest absolute Gasteiger partial charge is 0.270 e. The van der Waals surface area contributed by atoms with Crippen molar-refractivity contribution in [2.75, 3.05) is 13.2 Å². The fourth-order valence-electron chi connectivity index (χ4n) is 2.91. The van der Waals surface area contributed by atoms with Gasteiger partial charge < -0.3 is 15.0 Å². The highest BCUT2D eigenvalue weighted by Gasteiger charge is 2.15. The molecule has 0 saturated heterocycles. The summed E-state index contributed by atoms with van der Waals surface area (Å²) in [5, 5.41) is 14.4. The zero-order chi connectivity index (χ0) is 19.9. The fourth-order valence-corrected chi connectivity index (χ4v) is 2.91. The number of hydrogen-bond acceptors (Lipinski definition) is 4. The predicted molar refractivity (Wildman–Crippen MR) is 108 cm³/mol. The van der Waals surface area contributed by atoms with Gasteiger partial charge in [-0.15, -0.1) is 0 Å². The van der Waals surface area contributed by atoms with Crippen molar-refractivity contribution < 1.29 is 14.5 Å². The minimum atomic E-state index is -0.468. The van der Waals surface area contributed by atoms with Gasteiger partial charge in [0.25, 0.3) is 11.6 Å². The minimum absolute atomic E-state index is 0.0394. The Morgan fingerprint density at radius 1 is 1.21 bits per heavy atom. The van der Waals surface area contributed by atoms with Crippen LogP contribution in [0.1, 0.15) is 35.7 Å². The Labute approximate surface area is 162 Å².